The zero-order valence-electron chi connectivity index (χ0n) is 16.2. The molecule has 0 heterocycles. The molecule has 0 unspecified atom stereocenters. The molecule has 2 aromatic rings. The average molecular weight is 361 g/mol. The molecule has 0 spiro atoms. The summed E-state index contributed by atoms with van der Waals surface area (Å²) in [6.45, 7) is 4.20. The highest BCUT2D eigenvalue weighted by Crippen LogP contribution is 2.17. The second-order valence-corrected chi connectivity index (χ2v) is 6.78. The van der Waals surface area contributed by atoms with Gasteiger partial charge in [0, 0.05) is 0 Å². The van der Waals surface area contributed by atoms with Crippen molar-refractivity contribution in [2.75, 3.05) is 0 Å². The van der Waals surface area contributed by atoms with Gasteiger partial charge in [-0.1, -0.05) is 74.6 Å². The highest BCUT2D eigenvalue weighted by atomic mass is 16.5. The summed E-state index contributed by atoms with van der Waals surface area (Å²) in [6, 6.07) is 17.1. The fraction of sp³-hybridized carbons (Fsp3) is 0.333. The predicted molar refractivity (Wildman–Crippen MR) is 109 cm³/mol. The number of hydrogen-bond donors (Lipinski definition) is 0. The molecule has 3 nitrogen and oxygen atoms in total. The molecule has 0 N–H and O–H groups in total. The number of hydrogen-bond acceptors (Lipinski definition) is 3. The van der Waals surface area contributed by atoms with E-state index in [4.69, 9.17) is 4.74 Å². The van der Waals surface area contributed by atoms with Crippen molar-refractivity contribution in [1.82, 2.24) is 0 Å². The van der Waals surface area contributed by atoms with Gasteiger partial charge in [-0.05, 0) is 49.1 Å². The second kappa shape index (κ2) is 11.0. The van der Waals surface area contributed by atoms with Gasteiger partial charge in [0.15, 0.2) is 0 Å². The van der Waals surface area contributed by atoms with Crippen molar-refractivity contribution in [3.05, 3.63) is 70.8 Å². The monoisotopic (exact) mass is 361 g/mol. The molecule has 0 saturated heterocycles. The highest BCUT2D eigenvalue weighted by molar-refractivity contribution is 5.99. The Labute approximate surface area is 162 Å². The van der Waals surface area contributed by atoms with Gasteiger partial charge in [-0.3, -0.25) is 0 Å². The van der Waals surface area contributed by atoms with Crippen LogP contribution in [0.4, 0.5) is 0 Å². The molecule has 0 amide bonds. The summed E-state index contributed by atoms with van der Waals surface area (Å²) in [5.41, 5.74) is 3.15. The van der Waals surface area contributed by atoms with E-state index in [1.807, 2.05) is 49.4 Å². The minimum atomic E-state index is -0.634. The van der Waals surface area contributed by atoms with E-state index in [9.17, 15) is 10.1 Å². The first kappa shape index (κ1) is 20.5. The van der Waals surface area contributed by atoms with E-state index in [1.54, 1.807) is 18.2 Å². The van der Waals surface area contributed by atoms with Gasteiger partial charge in [0.1, 0.15) is 17.4 Å². The van der Waals surface area contributed by atoms with E-state index in [0.29, 0.717) is 5.75 Å². The zero-order chi connectivity index (χ0) is 19.5. The summed E-state index contributed by atoms with van der Waals surface area (Å²) in [4.78, 5) is 12.3. The topological polar surface area (TPSA) is 50.1 Å². The lowest BCUT2D eigenvalue weighted by Crippen LogP contribution is -2.10. The Kier molecular flexibility index (Phi) is 8.32. The molecule has 0 aliphatic heterocycles. The van der Waals surface area contributed by atoms with Crippen LogP contribution in [0.1, 0.15) is 55.7 Å². The molecule has 3 heteroatoms. The van der Waals surface area contributed by atoms with Crippen LogP contribution in [-0.4, -0.2) is 5.97 Å². The van der Waals surface area contributed by atoms with E-state index < -0.39 is 5.97 Å². The van der Waals surface area contributed by atoms with Gasteiger partial charge >= 0.3 is 5.97 Å². The Morgan fingerprint density at radius 2 is 1.67 bits per heavy atom. The lowest BCUT2D eigenvalue weighted by Gasteiger charge is -2.06. The van der Waals surface area contributed by atoms with Gasteiger partial charge in [-0.25, -0.2) is 4.79 Å². The van der Waals surface area contributed by atoms with Gasteiger partial charge < -0.3 is 4.74 Å². The predicted octanol–water partition coefficient (Wildman–Crippen LogP) is 6.02. The number of rotatable bonds is 9. The summed E-state index contributed by atoms with van der Waals surface area (Å²) in [5.74, 6) is -0.176. The number of nitriles is 1. The smallest absolute Gasteiger partial charge is 0.354 e. The molecule has 0 aromatic heterocycles. The van der Waals surface area contributed by atoms with E-state index >= 15 is 0 Å². The van der Waals surface area contributed by atoms with Crippen LogP contribution < -0.4 is 4.74 Å². The molecule has 0 aliphatic rings. The van der Waals surface area contributed by atoms with E-state index in [2.05, 4.69) is 6.92 Å². The third-order valence-electron chi connectivity index (χ3n) is 4.43. The van der Waals surface area contributed by atoms with Gasteiger partial charge in [0.2, 0.25) is 0 Å². The van der Waals surface area contributed by atoms with Crippen molar-refractivity contribution in [3.8, 4) is 11.8 Å². The van der Waals surface area contributed by atoms with Gasteiger partial charge in [0.25, 0.3) is 0 Å². The average Bonchev–Trinajstić information content (AvgIpc) is 2.68. The quantitative estimate of drug-likeness (QED) is 0.180. The fourth-order valence-electron chi connectivity index (χ4n) is 2.79. The summed E-state index contributed by atoms with van der Waals surface area (Å²) in [7, 11) is 0. The number of benzene rings is 2. The molecule has 140 valence electrons. The van der Waals surface area contributed by atoms with Crippen molar-refractivity contribution >= 4 is 12.0 Å². The number of nitrogens with zero attached hydrogens (tertiary/aromatic N) is 1. The Hall–Kier alpha value is -2.86. The number of carbonyl (C=O) groups excluding carboxylic acids is 1. The molecule has 0 atom stereocenters. The number of carbonyl (C=O) groups is 1. The Morgan fingerprint density at radius 1 is 1.00 bits per heavy atom. The maximum absolute atomic E-state index is 12.3. The van der Waals surface area contributed by atoms with Crippen LogP contribution in [0.25, 0.3) is 6.08 Å². The zero-order valence-corrected chi connectivity index (χ0v) is 16.2. The maximum atomic E-state index is 12.3. The molecule has 27 heavy (non-hydrogen) atoms. The Bertz CT molecular complexity index is 796. The normalized spacial score (nSPS) is 11.1. The first-order valence-electron chi connectivity index (χ1n) is 9.62. The van der Waals surface area contributed by atoms with Crippen LogP contribution in [0.15, 0.2) is 54.1 Å². The molecule has 2 rings (SSSR count). The SMILES string of the molecule is CCCCCCCc1ccc(OC(=O)/C(C#N)=C/c2ccc(C)cc2)cc1. The van der Waals surface area contributed by atoms with Crippen LogP contribution in [0, 0.1) is 18.3 Å². The molecule has 2 aromatic carbocycles. The Balaban J connectivity index is 1.92. The van der Waals surface area contributed by atoms with Crippen molar-refractivity contribution < 1.29 is 9.53 Å². The summed E-state index contributed by atoms with van der Waals surface area (Å²) in [6.07, 6.45) is 8.85. The summed E-state index contributed by atoms with van der Waals surface area (Å²) >= 11 is 0. The molecule has 0 radical (unpaired) electrons. The minimum Gasteiger partial charge on any atom is -0.422 e. The molecule has 0 bridgehead atoms. The van der Waals surface area contributed by atoms with Crippen LogP contribution in [0.5, 0.6) is 5.75 Å². The molecule has 0 aliphatic carbocycles. The van der Waals surface area contributed by atoms with E-state index in [-0.39, 0.29) is 5.57 Å². The second-order valence-electron chi connectivity index (χ2n) is 6.78. The third-order valence-corrected chi connectivity index (χ3v) is 4.43. The van der Waals surface area contributed by atoms with Gasteiger partial charge in [0.05, 0.1) is 0 Å². The first-order chi connectivity index (χ1) is 13.1. The van der Waals surface area contributed by atoms with Crippen LogP contribution in [-0.2, 0) is 11.2 Å². The number of unbranched alkanes of at least 4 members (excludes halogenated alkanes) is 4. The van der Waals surface area contributed by atoms with Gasteiger partial charge in [-0.15, -0.1) is 0 Å². The minimum absolute atomic E-state index is 0.0150. The molecular formula is C24H27NO2. The molecule has 0 fully saturated rings. The fourth-order valence-corrected chi connectivity index (χ4v) is 2.79. The third kappa shape index (κ3) is 7.11. The number of esters is 1. The van der Waals surface area contributed by atoms with Crippen molar-refractivity contribution in [2.45, 2.75) is 52.4 Å². The molecular weight excluding hydrogens is 334 g/mol. The van der Waals surface area contributed by atoms with Crippen molar-refractivity contribution in [1.29, 1.82) is 5.26 Å². The first-order valence-corrected chi connectivity index (χ1v) is 9.62. The van der Waals surface area contributed by atoms with Gasteiger partial charge in [-0.2, -0.15) is 5.26 Å². The maximum Gasteiger partial charge on any atom is 0.354 e. The van der Waals surface area contributed by atoms with Crippen LogP contribution in [0.2, 0.25) is 0 Å². The van der Waals surface area contributed by atoms with Crippen LogP contribution >= 0.6 is 0 Å². The van der Waals surface area contributed by atoms with E-state index in [0.717, 1.165) is 17.5 Å². The summed E-state index contributed by atoms with van der Waals surface area (Å²) in [5, 5.41) is 9.27. The van der Waals surface area contributed by atoms with Crippen molar-refractivity contribution in [2.24, 2.45) is 0 Å². The van der Waals surface area contributed by atoms with Crippen LogP contribution in [0.3, 0.4) is 0 Å². The number of ether oxygens (including phenoxy) is 1. The lowest BCUT2D eigenvalue weighted by molar-refractivity contribution is -0.129. The molecule has 0 saturated carbocycles. The van der Waals surface area contributed by atoms with Crippen molar-refractivity contribution in [3.63, 3.8) is 0 Å². The standard InChI is InChI=1S/C24H27NO2/c1-3-4-5-6-7-8-20-13-15-23(16-14-20)27-24(26)22(18-25)17-21-11-9-19(2)10-12-21/h9-17H,3-8H2,1-2H3/b22-17+. The van der Waals surface area contributed by atoms with E-state index in [1.165, 1.54) is 37.7 Å². The largest absolute Gasteiger partial charge is 0.422 e. The highest BCUT2D eigenvalue weighted by Gasteiger charge is 2.12. The summed E-state index contributed by atoms with van der Waals surface area (Å²) < 4.78 is 5.35. The Morgan fingerprint density at radius 3 is 2.30 bits per heavy atom. The number of aryl methyl sites for hydroxylation is 2. The lowest BCUT2D eigenvalue weighted by atomic mass is 10.1.